The Labute approximate surface area is 209 Å². The molecular weight excluding hydrogens is 466 g/mol. The highest BCUT2D eigenvalue weighted by Gasteiger charge is 2.45. The van der Waals surface area contributed by atoms with Gasteiger partial charge in [-0.1, -0.05) is 53.6 Å². The molecule has 1 aliphatic heterocycles. The Hall–Kier alpha value is -3.61. The van der Waals surface area contributed by atoms with Gasteiger partial charge in [-0.05, 0) is 54.4 Å². The first-order valence-electron chi connectivity index (χ1n) is 11.2. The Morgan fingerprint density at radius 3 is 2.46 bits per heavy atom. The number of halogens is 1. The predicted molar refractivity (Wildman–Crippen MR) is 134 cm³/mol. The Morgan fingerprint density at radius 1 is 1.03 bits per heavy atom. The number of benzene rings is 3. The molecule has 1 unspecified atom stereocenters. The lowest BCUT2D eigenvalue weighted by Crippen LogP contribution is -2.32. The number of carbonyl (C=O) groups is 2. The van der Waals surface area contributed by atoms with E-state index in [1.807, 2.05) is 25.1 Å². The van der Waals surface area contributed by atoms with E-state index in [1.54, 1.807) is 48.5 Å². The topological polar surface area (TPSA) is 76.1 Å². The first kappa shape index (κ1) is 24.5. The average Bonchev–Trinajstić information content (AvgIpc) is 3.11. The van der Waals surface area contributed by atoms with E-state index in [1.165, 1.54) is 12.0 Å². The van der Waals surface area contributed by atoms with Crippen LogP contribution in [0.5, 0.6) is 5.75 Å². The summed E-state index contributed by atoms with van der Waals surface area (Å²) in [6, 6.07) is 21.0. The maximum absolute atomic E-state index is 13.0. The lowest BCUT2D eigenvalue weighted by Gasteiger charge is -2.25. The van der Waals surface area contributed by atoms with E-state index in [-0.39, 0.29) is 24.5 Å². The van der Waals surface area contributed by atoms with Gasteiger partial charge in [-0.2, -0.15) is 0 Å². The molecule has 1 aliphatic rings. The number of nitrogens with zero attached hydrogens (tertiary/aromatic N) is 1. The van der Waals surface area contributed by atoms with E-state index in [0.29, 0.717) is 28.5 Å². The number of aryl methyl sites for hydroxylation is 1. The smallest absolute Gasteiger partial charge is 0.295 e. The third-order valence-corrected chi connectivity index (χ3v) is 6.09. The molecule has 3 aromatic rings. The number of amides is 1. The van der Waals surface area contributed by atoms with Crippen molar-refractivity contribution in [3.8, 4) is 5.75 Å². The molecule has 1 amide bonds. The lowest BCUT2D eigenvalue weighted by molar-refractivity contribution is -0.140. The fourth-order valence-electron chi connectivity index (χ4n) is 4.16. The molecule has 0 saturated carbocycles. The first-order chi connectivity index (χ1) is 16.9. The number of carbonyl (C=O) groups excluding carboxylic acids is 2. The molecule has 1 atom stereocenters. The van der Waals surface area contributed by atoms with E-state index in [9.17, 15) is 14.7 Å². The van der Waals surface area contributed by atoms with Gasteiger partial charge in [-0.25, -0.2) is 0 Å². The number of aliphatic hydroxyl groups excluding tert-OH is 1. The summed E-state index contributed by atoms with van der Waals surface area (Å²) >= 11 is 6.19. The molecule has 0 bridgehead atoms. The minimum Gasteiger partial charge on any atom is -0.507 e. The van der Waals surface area contributed by atoms with Crippen molar-refractivity contribution in [3.05, 3.63) is 106 Å². The van der Waals surface area contributed by atoms with Crippen molar-refractivity contribution in [2.45, 2.75) is 19.6 Å². The van der Waals surface area contributed by atoms with Gasteiger partial charge in [0.2, 0.25) is 0 Å². The molecule has 7 heteroatoms. The van der Waals surface area contributed by atoms with Crippen LogP contribution < -0.4 is 4.74 Å². The number of methoxy groups -OCH3 is 1. The summed E-state index contributed by atoms with van der Waals surface area (Å²) in [4.78, 5) is 27.3. The third kappa shape index (κ3) is 5.39. The van der Waals surface area contributed by atoms with Gasteiger partial charge in [0.15, 0.2) is 0 Å². The van der Waals surface area contributed by atoms with Gasteiger partial charge in [0.25, 0.3) is 11.7 Å². The molecule has 1 N–H and O–H groups in total. The summed E-state index contributed by atoms with van der Waals surface area (Å²) in [6.07, 6.45) is 0. The van der Waals surface area contributed by atoms with E-state index in [2.05, 4.69) is 6.07 Å². The molecule has 4 rings (SSSR count). The largest absolute Gasteiger partial charge is 0.507 e. The third-order valence-electron chi connectivity index (χ3n) is 5.86. The van der Waals surface area contributed by atoms with Crippen LogP contribution in [0.25, 0.3) is 5.76 Å². The van der Waals surface area contributed by atoms with E-state index >= 15 is 0 Å². The molecular formula is C28H26ClNO5. The number of aliphatic hydroxyl groups is 1. The Bertz CT molecular complexity index is 1270. The summed E-state index contributed by atoms with van der Waals surface area (Å²) in [5.41, 5.74) is 3.26. The van der Waals surface area contributed by atoms with Crippen LogP contribution in [0, 0.1) is 6.92 Å². The van der Waals surface area contributed by atoms with Gasteiger partial charge in [-0.3, -0.25) is 9.59 Å². The number of rotatable bonds is 8. The Morgan fingerprint density at radius 2 is 1.77 bits per heavy atom. The van der Waals surface area contributed by atoms with Crippen molar-refractivity contribution in [1.29, 1.82) is 0 Å². The monoisotopic (exact) mass is 491 g/mol. The van der Waals surface area contributed by atoms with Crippen LogP contribution in [0.4, 0.5) is 0 Å². The molecule has 1 heterocycles. The van der Waals surface area contributed by atoms with Crippen LogP contribution in [0.2, 0.25) is 5.02 Å². The number of ether oxygens (including phenoxy) is 2. The minimum atomic E-state index is -0.777. The molecule has 0 radical (unpaired) electrons. The lowest BCUT2D eigenvalue weighted by atomic mass is 9.95. The minimum absolute atomic E-state index is 0.0156. The van der Waals surface area contributed by atoms with Crippen LogP contribution in [0.15, 0.2) is 78.4 Å². The maximum atomic E-state index is 13.0. The zero-order valence-electron chi connectivity index (χ0n) is 19.5. The second-order valence-corrected chi connectivity index (χ2v) is 8.78. The van der Waals surface area contributed by atoms with Gasteiger partial charge in [0, 0.05) is 24.2 Å². The molecule has 0 aliphatic carbocycles. The van der Waals surface area contributed by atoms with Crippen molar-refractivity contribution < 1.29 is 24.2 Å². The van der Waals surface area contributed by atoms with Crippen LogP contribution in [0.3, 0.4) is 0 Å². The van der Waals surface area contributed by atoms with Gasteiger partial charge < -0.3 is 19.5 Å². The first-order valence-corrected chi connectivity index (χ1v) is 11.6. The highest BCUT2D eigenvalue weighted by molar-refractivity contribution is 6.46. The Balaban J connectivity index is 1.64. The highest BCUT2D eigenvalue weighted by atomic mass is 35.5. The second kappa shape index (κ2) is 10.8. The number of likely N-dealkylation sites (tertiary alicyclic amines) is 1. The van der Waals surface area contributed by atoms with Gasteiger partial charge >= 0.3 is 0 Å². The standard InChI is InChI=1S/C28H26ClNO5/c1-18-5-3-6-19(15-18)17-35-23-11-9-20(10-12-23)26(31)24-25(21-7-4-8-22(29)16-21)30(13-14-34-2)28(33)27(24)32/h3-12,15-16,25,31H,13-14,17H2,1-2H3/b26-24+. The number of hydrogen-bond donors (Lipinski definition) is 1. The highest BCUT2D eigenvalue weighted by Crippen LogP contribution is 2.40. The van der Waals surface area contributed by atoms with Crippen molar-refractivity contribution in [1.82, 2.24) is 4.90 Å². The zero-order chi connectivity index (χ0) is 24.9. The molecule has 180 valence electrons. The van der Waals surface area contributed by atoms with Crippen LogP contribution in [-0.4, -0.2) is 42.0 Å². The summed E-state index contributed by atoms with van der Waals surface area (Å²) in [6.45, 7) is 2.88. The molecule has 3 aromatic carbocycles. The normalized spacial score (nSPS) is 17.1. The summed E-state index contributed by atoms with van der Waals surface area (Å²) in [5.74, 6) is -1.07. The fourth-order valence-corrected chi connectivity index (χ4v) is 4.36. The van der Waals surface area contributed by atoms with E-state index in [4.69, 9.17) is 21.1 Å². The Kier molecular flexibility index (Phi) is 7.54. The molecule has 6 nitrogen and oxygen atoms in total. The number of Topliss-reactive ketones (excluding diaryl/α,β-unsaturated/α-hetero) is 1. The summed E-state index contributed by atoms with van der Waals surface area (Å²) in [7, 11) is 1.52. The van der Waals surface area contributed by atoms with Crippen molar-refractivity contribution in [2.75, 3.05) is 20.3 Å². The van der Waals surface area contributed by atoms with Crippen molar-refractivity contribution in [2.24, 2.45) is 0 Å². The van der Waals surface area contributed by atoms with Gasteiger partial charge in [0.1, 0.15) is 18.1 Å². The summed E-state index contributed by atoms with van der Waals surface area (Å²) < 4.78 is 11.0. The number of ketones is 1. The van der Waals surface area contributed by atoms with Crippen molar-refractivity contribution >= 4 is 29.1 Å². The molecule has 35 heavy (non-hydrogen) atoms. The zero-order valence-corrected chi connectivity index (χ0v) is 20.3. The van der Waals surface area contributed by atoms with Crippen molar-refractivity contribution in [3.63, 3.8) is 0 Å². The predicted octanol–water partition coefficient (Wildman–Crippen LogP) is 5.30. The van der Waals surface area contributed by atoms with Crippen LogP contribution in [0.1, 0.15) is 28.3 Å². The van der Waals surface area contributed by atoms with Gasteiger partial charge in [-0.15, -0.1) is 0 Å². The molecule has 1 saturated heterocycles. The molecule has 1 fully saturated rings. The van der Waals surface area contributed by atoms with E-state index < -0.39 is 17.7 Å². The quantitative estimate of drug-likeness (QED) is 0.263. The number of hydrogen-bond acceptors (Lipinski definition) is 5. The van der Waals surface area contributed by atoms with Crippen LogP contribution in [-0.2, 0) is 20.9 Å². The van der Waals surface area contributed by atoms with E-state index in [0.717, 1.165) is 11.1 Å². The average molecular weight is 492 g/mol. The van der Waals surface area contributed by atoms with Crippen LogP contribution >= 0.6 is 11.6 Å². The summed E-state index contributed by atoms with van der Waals surface area (Å²) in [5, 5.41) is 11.6. The second-order valence-electron chi connectivity index (χ2n) is 8.34. The fraction of sp³-hybridized carbons (Fsp3) is 0.214. The maximum Gasteiger partial charge on any atom is 0.295 e. The molecule has 0 spiro atoms. The SMILES string of the molecule is COCCN1C(=O)C(=O)/C(=C(/O)c2ccc(OCc3cccc(C)c3)cc2)C1c1cccc(Cl)c1. The van der Waals surface area contributed by atoms with Gasteiger partial charge in [0.05, 0.1) is 18.2 Å². The molecule has 0 aromatic heterocycles.